The van der Waals surface area contributed by atoms with Crippen molar-refractivity contribution in [2.24, 2.45) is 0 Å². The van der Waals surface area contributed by atoms with Gasteiger partial charge in [0, 0.05) is 43.9 Å². The second kappa shape index (κ2) is 6.47. The van der Waals surface area contributed by atoms with E-state index in [1.54, 1.807) is 19.0 Å². The molecule has 0 bridgehead atoms. The molecule has 1 aromatic heterocycles. The summed E-state index contributed by atoms with van der Waals surface area (Å²) in [5, 5.41) is 7.09. The van der Waals surface area contributed by atoms with Gasteiger partial charge in [0.2, 0.25) is 0 Å². The van der Waals surface area contributed by atoms with Gasteiger partial charge in [0.25, 0.3) is 11.8 Å². The van der Waals surface area contributed by atoms with Crippen LogP contribution in [-0.4, -0.2) is 52.5 Å². The molecule has 0 saturated heterocycles. The number of rotatable bonds is 3. The smallest absolute Gasteiger partial charge is 0.274 e. The number of benzene rings is 1. The number of nitrogens with one attached hydrogen (secondary N) is 1. The first-order valence-corrected chi connectivity index (χ1v) is 8.17. The summed E-state index contributed by atoms with van der Waals surface area (Å²) >= 11 is 0. The normalized spacial score (nSPS) is 13.5. The van der Waals surface area contributed by atoms with Gasteiger partial charge in [0.15, 0.2) is 5.69 Å². The van der Waals surface area contributed by atoms with E-state index in [1.165, 1.54) is 10.5 Å². The molecule has 126 valence electrons. The average molecular weight is 326 g/mol. The van der Waals surface area contributed by atoms with Crippen LogP contribution in [0.4, 0.5) is 0 Å². The highest BCUT2D eigenvalue weighted by Gasteiger charge is 2.28. The molecule has 0 radical (unpaired) electrons. The summed E-state index contributed by atoms with van der Waals surface area (Å²) in [7, 11) is 3.40. The van der Waals surface area contributed by atoms with Crippen LogP contribution in [0.1, 0.15) is 44.6 Å². The molecule has 1 N–H and O–H groups in total. The van der Waals surface area contributed by atoms with Crippen molar-refractivity contribution < 1.29 is 9.59 Å². The maximum atomic E-state index is 12.7. The molecule has 1 aliphatic rings. The zero-order valence-corrected chi connectivity index (χ0v) is 14.3. The number of aromatic nitrogens is 2. The molecule has 0 spiro atoms. The van der Waals surface area contributed by atoms with E-state index in [-0.39, 0.29) is 11.8 Å². The minimum atomic E-state index is -0.144. The fourth-order valence-electron chi connectivity index (χ4n) is 2.92. The summed E-state index contributed by atoms with van der Waals surface area (Å²) in [5.41, 5.74) is 4.08. The van der Waals surface area contributed by atoms with Crippen LogP contribution in [0.15, 0.2) is 24.3 Å². The summed E-state index contributed by atoms with van der Waals surface area (Å²) in [4.78, 5) is 28.3. The van der Waals surface area contributed by atoms with Crippen molar-refractivity contribution in [1.82, 2.24) is 20.0 Å². The lowest BCUT2D eigenvalue weighted by Gasteiger charge is -2.27. The molecule has 24 heavy (non-hydrogen) atoms. The van der Waals surface area contributed by atoms with Gasteiger partial charge in [0.1, 0.15) is 0 Å². The largest absolute Gasteiger partial charge is 0.343 e. The molecule has 6 nitrogen and oxygen atoms in total. The standard InChI is InChI=1S/C18H22N4O2/c1-4-12-5-7-13(8-6-12)17(23)22-10-9-15-14(11-22)16(20-19-15)18(24)21(2)3/h5-8H,4,9-11H2,1-3H3,(H,19,20). The van der Waals surface area contributed by atoms with E-state index in [9.17, 15) is 9.59 Å². The third kappa shape index (κ3) is 2.91. The molecule has 6 heteroatoms. The minimum absolute atomic E-state index is 0.00671. The summed E-state index contributed by atoms with van der Waals surface area (Å²) in [6, 6.07) is 7.72. The van der Waals surface area contributed by atoms with Crippen LogP contribution in [0.3, 0.4) is 0 Å². The van der Waals surface area contributed by atoms with Gasteiger partial charge >= 0.3 is 0 Å². The fraction of sp³-hybridized carbons (Fsp3) is 0.389. The predicted molar refractivity (Wildman–Crippen MR) is 90.9 cm³/mol. The maximum Gasteiger partial charge on any atom is 0.274 e. The first kappa shape index (κ1) is 16.2. The molecular weight excluding hydrogens is 304 g/mol. The Balaban J connectivity index is 1.82. The van der Waals surface area contributed by atoms with E-state index >= 15 is 0 Å². The van der Waals surface area contributed by atoms with Crippen LogP contribution < -0.4 is 0 Å². The lowest BCUT2D eigenvalue weighted by atomic mass is 10.0. The SMILES string of the molecule is CCc1ccc(C(=O)N2CCc3[nH]nc(C(=O)N(C)C)c3C2)cc1. The molecule has 2 amide bonds. The molecular formula is C18H22N4O2. The van der Waals surface area contributed by atoms with Crippen molar-refractivity contribution in [2.45, 2.75) is 26.3 Å². The molecule has 0 unspecified atom stereocenters. The summed E-state index contributed by atoms with van der Waals surface area (Å²) in [6.07, 6.45) is 1.63. The van der Waals surface area contributed by atoms with Gasteiger partial charge in [-0.15, -0.1) is 0 Å². The van der Waals surface area contributed by atoms with Crippen molar-refractivity contribution >= 4 is 11.8 Å². The molecule has 1 aliphatic heterocycles. The van der Waals surface area contributed by atoms with E-state index in [0.29, 0.717) is 30.8 Å². The van der Waals surface area contributed by atoms with E-state index < -0.39 is 0 Å². The van der Waals surface area contributed by atoms with Gasteiger partial charge in [-0.05, 0) is 24.1 Å². The number of carbonyl (C=O) groups excluding carboxylic acids is 2. The Morgan fingerprint density at radius 1 is 1.25 bits per heavy atom. The number of hydrogen-bond acceptors (Lipinski definition) is 3. The van der Waals surface area contributed by atoms with Gasteiger partial charge in [-0.25, -0.2) is 0 Å². The zero-order valence-electron chi connectivity index (χ0n) is 14.3. The zero-order chi connectivity index (χ0) is 17.3. The quantitative estimate of drug-likeness (QED) is 0.936. The fourth-order valence-corrected chi connectivity index (χ4v) is 2.92. The van der Waals surface area contributed by atoms with Gasteiger partial charge in [-0.3, -0.25) is 14.7 Å². The number of carbonyl (C=O) groups is 2. The Morgan fingerprint density at radius 2 is 1.96 bits per heavy atom. The van der Waals surface area contributed by atoms with Crippen LogP contribution in [0, 0.1) is 0 Å². The van der Waals surface area contributed by atoms with Crippen molar-refractivity contribution in [3.8, 4) is 0 Å². The van der Waals surface area contributed by atoms with Crippen LogP contribution in [0.25, 0.3) is 0 Å². The second-order valence-corrected chi connectivity index (χ2v) is 6.26. The molecule has 0 fully saturated rings. The predicted octanol–water partition coefficient (Wildman–Crippen LogP) is 1.87. The number of aromatic amines is 1. The highest BCUT2D eigenvalue weighted by Crippen LogP contribution is 2.22. The van der Waals surface area contributed by atoms with Crippen molar-refractivity contribution in [1.29, 1.82) is 0 Å². The Bertz CT molecular complexity index is 762. The van der Waals surface area contributed by atoms with Crippen LogP contribution in [0.5, 0.6) is 0 Å². The van der Waals surface area contributed by atoms with Crippen molar-refractivity contribution in [3.63, 3.8) is 0 Å². The first-order chi connectivity index (χ1) is 11.5. The number of aryl methyl sites for hydroxylation is 1. The average Bonchev–Trinajstić information content (AvgIpc) is 3.03. The van der Waals surface area contributed by atoms with Gasteiger partial charge in [-0.1, -0.05) is 19.1 Å². The highest BCUT2D eigenvalue weighted by molar-refractivity contribution is 5.96. The monoisotopic (exact) mass is 326 g/mol. The van der Waals surface area contributed by atoms with Crippen molar-refractivity contribution in [2.75, 3.05) is 20.6 Å². The van der Waals surface area contributed by atoms with Gasteiger partial charge in [-0.2, -0.15) is 5.10 Å². The lowest BCUT2D eigenvalue weighted by molar-refractivity contribution is 0.0726. The van der Waals surface area contributed by atoms with Gasteiger partial charge < -0.3 is 9.80 Å². The Kier molecular flexibility index (Phi) is 4.38. The molecule has 2 heterocycles. The highest BCUT2D eigenvalue weighted by atomic mass is 16.2. The Labute approximate surface area is 141 Å². The summed E-state index contributed by atoms with van der Waals surface area (Å²) in [5.74, 6) is -0.151. The van der Waals surface area contributed by atoms with Crippen LogP contribution in [-0.2, 0) is 19.4 Å². The van der Waals surface area contributed by atoms with E-state index in [1.807, 2.05) is 24.3 Å². The summed E-state index contributed by atoms with van der Waals surface area (Å²) < 4.78 is 0. The van der Waals surface area contributed by atoms with Gasteiger partial charge in [0.05, 0.1) is 6.54 Å². The maximum absolute atomic E-state index is 12.7. The number of fused-ring (bicyclic) bond motifs is 1. The Hall–Kier alpha value is -2.63. The topological polar surface area (TPSA) is 69.3 Å². The molecule has 0 saturated carbocycles. The third-order valence-corrected chi connectivity index (χ3v) is 4.44. The number of nitrogens with zero attached hydrogens (tertiary/aromatic N) is 3. The number of hydrogen-bond donors (Lipinski definition) is 1. The minimum Gasteiger partial charge on any atom is -0.343 e. The lowest BCUT2D eigenvalue weighted by Crippen LogP contribution is -2.36. The molecule has 3 rings (SSSR count). The first-order valence-electron chi connectivity index (χ1n) is 8.17. The molecule has 0 atom stereocenters. The van der Waals surface area contributed by atoms with E-state index in [0.717, 1.165) is 17.7 Å². The second-order valence-electron chi connectivity index (χ2n) is 6.26. The number of amides is 2. The van der Waals surface area contributed by atoms with E-state index in [2.05, 4.69) is 17.1 Å². The van der Waals surface area contributed by atoms with Crippen LogP contribution in [0.2, 0.25) is 0 Å². The molecule has 0 aliphatic carbocycles. The summed E-state index contributed by atoms with van der Waals surface area (Å²) in [6.45, 7) is 3.12. The van der Waals surface area contributed by atoms with Crippen LogP contribution >= 0.6 is 0 Å². The molecule has 1 aromatic carbocycles. The van der Waals surface area contributed by atoms with Crippen molar-refractivity contribution in [3.05, 3.63) is 52.3 Å². The third-order valence-electron chi connectivity index (χ3n) is 4.44. The van der Waals surface area contributed by atoms with E-state index in [4.69, 9.17) is 0 Å². The number of H-pyrrole nitrogens is 1. The Morgan fingerprint density at radius 3 is 2.58 bits per heavy atom. The molecule has 2 aromatic rings.